The Labute approximate surface area is 217 Å². The van der Waals surface area contributed by atoms with Gasteiger partial charge in [-0.25, -0.2) is 9.91 Å². The molecule has 1 aromatic heterocycles. The van der Waals surface area contributed by atoms with Gasteiger partial charge in [-0.3, -0.25) is 4.79 Å². The van der Waals surface area contributed by atoms with Gasteiger partial charge in [0.15, 0.2) is 0 Å². The van der Waals surface area contributed by atoms with E-state index in [9.17, 15) is 4.79 Å². The highest BCUT2D eigenvalue weighted by Crippen LogP contribution is 2.57. The van der Waals surface area contributed by atoms with Crippen molar-refractivity contribution < 1.29 is 9.53 Å². The monoisotopic (exact) mass is 507 g/mol. The van der Waals surface area contributed by atoms with Gasteiger partial charge in [0, 0.05) is 16.9 Å². The summed E-state index contributed by atoms with van der Waals surface area (Å²) in [5.41, 5.74) is 3.90. The number of para-hydroxylation sites is 2. The molecule has 0 saturated carbocycles. The van der Waals surface area contributed by atoms with Gasteiger partial charge in [-0.2, -0.15) is 5.10 Å². The molecule has 3 aliphatic rings. The van der Waals surface area contributed by atoms with Gasteiger partial charge in [-0.15, -0.1) is 11.3 Å². The van der Waals surface area contributed by atoms with E-state index in [4.69, 9.17) is 9.84 Å². The molecule has 0 aliphatic carbocycles. The van der Waals surface area contributed by atoms with E-state index in [0.717, 1.165) is 44.5 Å². The summed E-state index contributed by atoms with van der Waals surface area (Å²) >= 11 is 2.85. The fraction of sp³-hybridized carbons (Fsp3) is 0.103. The quantitative estimate of drug-likeness (QED) is 0.291. The highest BCUT2D eigenvalue weighted by atomic mass is 32.2. The molecule has 36 heavy (non-hydrogen) atoms. The molecule has 1 saturated heterocycles. The van der Waals surface area contributed by atoms with Gasteiger partial charge >= 0.3 is 5.85 Å². The van der Waals surface area contributed by atoms with Crippen molar-refractivity contribution in [3.05, 3.63) is 123 Å². The maximum absolute atomic E-state index is 13.7. The Kier molecular flexibility index (Phi) is 5.01. The number of rotatable bonds is 3. The zero-order valence-corrected chi connectivity index (χ0v) is 20.8. The van der Waals surface area contributed by atoms with Crippen LogP contribution in [0.5, 0.6) is 5.75 Å². The minimum absolute atomic E-state index is 0.0744. The SMILES string of the molecule is O=C1S/C(=C\c2cccs2)C2(Oc3ccccc3C3CC(c4ccccc4)=NN32)N1c1ccccc1. The molecule has 0 radical (unpaired) electrons. The number of hydrogen-bond acceptors (Lipinski definition) is 6. The normalized spacial score (nSPS) is 23.6. The number of amides is 1. The smallest absolute Gasteiger partial charge is 0.321 e. The van der Waals surface area contributed by atoms with Crippen LogP contribution in [0.15, 0.2) is 112 Å². The molecule has 3 aromatic carbocycles. The lowest BCUT2D eigenvalue weighted by atomic mass is 9.95. The first-order valence-electron chi connectivity index (χ1n) is 11.8. The molecule has 2 atom stereocenters. The van der Waals surface area contributed by atoms with E-state index < -0.39 is 5.85 Å². The molecular weight excluding hydrogens is 486 g/mol. The molecule has 2 unspecified atom stereocenters. The van der Waals surface area contributed by atoms with Gasteiger partial charge in [0.25, 0.3) is 5.24 Å². The van der Waals surface area contributed by atoms with Crippen LogP contribution in [0.3, 0.4) is 0 Å². The van der Waals surface area contributed by atoms with Crippen molar-refractivity contribution in [3.8, 4) is 5.75 Å². The predicted octanol–water partition coefficient (Wildman–Crippen LogP) is 7.36. The van der Waals surface area contributed by atoms with Gasteiger partial charge in [0.2, 0.25) is 0 Å². The van der Waals surface area contributed by atoms with Crippen LogP contribution in [0.2, 0.25) is 0 Å². The maximum Gasteiger partial charge on any atom is 0.321 e. The second-order valence-electron chi connectivity index (χ2n) is 8.79. The van der Waals surface area contributed by atoms with Crippen molar-refractivity contribution in [1.82, 2.24) is 5.01 Å². The van der Waals surface area contributed by atoms with Crippen LogP contribution in [0.25, 0.3) is 6.08 Å². The summed E-state index contributed by atoms with van der Waals surface area (Å²) in [7, 11) is 0. The summed E-state index contributed by atoms with van der Waals surface area (Å²) in [5.74, 6) is -0.459. The van der Waals surface area contributed by atoms with E-state index in [-0.39, 0.29) is 11.3 Å². The van der Waals surface area contributed by atoms with E-state index in [2.05, 4.69) is 30.3 Å². The largest absolute Gasteiger partial charge is 0.443 e. The number of hydrogen-bond donors (Lipinski definition) is 0. The lowest BCUT2D eigenvalue weighted by Gasteiger charge is -2.49. The van der Waals surface area contributed by atoms with Gasteiger partial charge in [-0.05, 0) is 53.0 Å². The van der Waals surface area contributed by atoms with Crippen LogP contribution in [0.4, 0.5) is 10.5 Å². The summed E-state index contributed by atoms with van der Waals surface area (Å²) in [6.07, 6.45) is 2.79. The Morgan fingerprint density at radius 1 is 0.917 bits per heavy atom. The van der Waals surface area contributed by atoms with Crippen LogP contribution in [-0.2, 0) is 0 Å². The van der Waals surface area contributed by atoms with Gasteiger partial charge in [0.1, 0.15) is 5.75 Å². The Morgan fingerprint density at radius 3 is 2.44 bits per heavy atom. The molecule has 1 spiro atoms. The minimum atomic E-state index is -1.23. The number of benzene rings is 3. The zero-order valence-electron chi connectivity index (χ0n) is 19.2. The number of nitrogens with zero attached hydrogens (tertiary/aromatic N) is 3. The average Bonchev–Trinajstić information content (AvgIpc) is 3.65. The summed E-state index contributed by atoms with van der Waals surface area (Å²) in [6.45, 7) is 0. The zero-order chi connectivity index (χ0) is 24.1. The average molecular weight is 508 g/mol. The molecule has 0 N–H and O–H groups in total. The van der Waals surface area contributed by atoms with Crippen molar-refractivity contribution >= 4 is 45.8 Å². The number of hydrazone groups is 1. The van der Waals surface area contributed by atoms with Crippen molar-refractivity contribution in [1.29, 1.82) is 0 Å². The molecule has 176 valence electrons. The van der Waals surface area contributed by atoms with Gasteiger partial charge in [0.05, 0.1) is 22.3 Å². The summed E-state index contributed by atoms with van der Waals surface area (Å²) in [4.78, 5) is 17.4. The molecule has 7 rings (SSSR count). The standard InChI is InChI=1S/C29H21N3O2S2/c33-28-31(21-12-5-2-6-13-21)29(27(36-28)18-22-14-9-17-35-22)32-25(23-15-7-8-16-26(23)34-29)19-24(30-32)20-10-3-1-4-11-20/h1-18,25H,19H2/b27-18-. The molecule has 1 fully saturated rings. The first-order valence-corrected chi connectivity index (χ1v) is 13.5. The fourth-order valence-electron chi connectivity index (χ4n) is 5.12. The molecular formula is C29H21N3O2S2. The Balaban J connectivity index is 1.49. The topological polar surface area (TPSA) is 45.1 Å². The van der Waals surface area contributed by atoms with Crippen LogP contribution in [0.1, 0.15) is 28.5 Å². The van der Waals surface area contributed by atoms with E-state index in [1.165, 1.54) is 11.8 Å². The molecule has 7 heteroatoms. The summed E-state index contributed by atoms with van der Waals surface area (Å²) < 4.78 is 6.92. The van der Waals surface area contributed by atoms with Crippen molar-refractivity contribution in [2.45, 2.75) is 18.3 Å². The number of carbonyl (C=O) groups is 1. The van der Waals surface area contributed by atoms with Crippen molar-refractivity contribution in [2.24, 2.45) is 5.10 Å². The number of carbonyl (C=O) groups excluding carboxylic acids is 1. The lowest BCUT2D eigenvalue weighted by Crippen LogP contribution is -2.63. The van der Waals surface area contributed by atoms with E-state index in [0.29, 0.717) is 0 Å². The van der Waals surface area contributed by atoms with Crippen molar-refractivity contribution in [3.63, 3.8) is 0 Å². The Bertz CT molecular complexity index is 1500. The molecule has 4 aromatic rings. The molecule has 5 nitrogen and oxygen atoms in total. The Hall–Kier alpha value is -3.81. The maximum atomic E-state index is 13.7. The van der Waals surface area contributed by atoms with Crippen LogP contribution in [-0.4, -0.2) is 21.8 Å². The molecule has 3 aliphatic heterocycles. The number of ether oxygens (including phenoxy) is 1. The van der Waals surface area contributed by atoms with Crippen molar-refractivity contribution in [2.75, 3.05) is 4.90 Å². The molecule has 4 heterocycles. The second-order valence-corrected chi connectivity index (χ2v) is 10.8. The predicted molar refractivity (Wildman–Crippen MR) is 146 cm³/mol. The number of thioether (sulfide) groups is 1. The Morgan fingerprint density at radius 2 is 1.67 bits per heavy atom. The first-order chi connectivity index (χ1) is 17.7. The summed E-state index contributed by atoms with van der Waals surface area (Å²) in [5, 5.41) is 9.15. The highest BCUT2D eigenvalue weighted by molar-refractivity contribution is 8.17. The van der Waals surface area contributed by atoms with Crippen LogP contribution < -0.4 is 9.64 Å². The third kappa shape index (κ3) is 3.23. The fourth-order valence-corrected chi connectivity index (χ4v) is 6.91. The van der Waals surface area contributed by atoms with E-state index in [1.807, 2.05) is 83.2 Å². The first kappa shape index (κ1) is 21.5. The number of thiophene rings is 1. The molecule has 1 amide bonds. The van der Waals surface area contributed by atoms with Gasteiger partial charge < -0.3 is 4.74 Å². The van der Waals surface area contributed by atoms with E-state index >= 15 is 0 Å². The minimum Gasteiger partial charge on any atom is -0.443 e. The third-order valence-electron chi connectivity index (χ3n) is 6.69. The third-order valence-corrected chi connectivity index (χ3v) is 8.47. The highest BCUT2D eigenvalue weighted by Gasteiger charge is 2.63. The number of anilines is 1. The van der Waals surface area contributed by atoms with Crippen LogP contribution >= 0.6 is 23.1 Å². The van der Waals surface area contributed by atoms with E-state index in [1.54, 1.807) is 16.2 Å². The number of fused-ring (bicyclic) bond motifs is 4. The summed E-state index contributed by atoms with van der Waals surface area (Å²) in [6, 6.07) is 32.1. The van der Waals surface area contributed by atoms with Gasteiger partial charge in [-0.1, -0.05) is 72.8 Å². The lowest BCUT2D eigenvalue weighted by molar-refractivity contribution is -0.0763. The molecule has 0 bridgehead atoms. The van der Waals surface area contributed by atoms with Crippen LogP contribution in [0, 0.1) is 0 Å². The second kappa shape index (κ2) is 8.40.